The Bertz CT molecular complexity index is 898. The Kier molecular flexibility index (Phi) is 7.97. The van der Waals surface area contributed by atoms with Gasteiger partial charge in [-0.1, -0.05) is 51.1 Å². The molecule has 188 valence electrons. The van der Waals surface area contributed by atoms with Gasteiger partial charge < -0.3 is 19.9 Å². The largest absolute Gasteiger partial charge is 0.449 e. The van der Waals surface area contributed by atoms with Gasteiger partial charge in [0.2, 0.25) is 0 Å². The van der Waals surface area contributed by atoms with E-state index in [4.69, 9.17) is 4.74 Å². The Morgan fingerprint density at radius 2 is 1.76 bits per heavy atom. The maximum atomic E-state index is 13.2. The highest BCUT2D eigenvalue weighted by Crippen LogP contribution is 2.47. The van der Waals surface area contributed by atoms with E-state index < -0.39 is 0 Å². The van der Waals surface area contributed by atoms with Crippen LogP contribution in [0.25, 0.3) is 5.57 Å². The van der Waals surface area contributed by atoms with E-state index in [0.29, 0.717) is 12.6 Å². The van der Waals surface area contributed by atoms with Crippen molar-refractivity contribution in [2.75, 3.05) is 32.8 Å². The van der Waals surface area contributed by atoms with Crippen molar-refractivity contribution in [3.05, 3.63) is 41.5 Å². The molecule has 0 aromatic heterocycles. The second-order valence-electron chi connectivity index (χ2n) is 10.1. The zero-order valence-corrected chi connectivity index (χ0v) is 21.1. The molecule has 1 spiro atoms. The van der Waals surface area contributed by atoms with Crippen LogP contribution < -0.4 is 5.32 Å². The number of carbonyl (C=O) groups excluding carboxylic acids is 2. The second kappa shape index (κ2) is 10.9. The molecule has 2 fully saturated rings. The molecule has 0 saturated carbocycles. The standard InChI is InChI=1S/C28H41N3O3.H2/c1-4-19-34-27(33)31-15-11-22(12-16-31)30-17-13-28(14-18-30)20-24(23-9-7-8-10-25(23)28)26(32)29-21(5-2)6-3;/h7-10,20-22H,4-6,11-19H2,1-3H3,(H,29,32);1H. The average Bonchev–Trinajstić information content (AvgIpc) is 3.20. The van der Waals surface area contributed by atoms with Gasteiger partial charge in [-0.3, -0.25) is 4.79 Å². The fourth-order valence-corrected chi connectivity index (χ4v) is 5.92. The number of ether oxygens (including phenoxy) is 1. The van der Waals surface area contributed by atoms with Gasteiger partial charge in [0.25, 0.3) is 5.91 Å². The Labute approximate surface area is 206 Å². The Morgan fingerprint density at radius 3 is 2.41 bits per heavy atom. The molecule has 3 aliphatic rings. The average molecular weight is 470 g/mol. The molecule has 1 N–H and O–H groups in total. The van der Waals surface area contributed by atoms with Crippen LogP contribution in [-0.2, 0) is 14.9 Å². The van der Waals surface area contributed by atoms with Crippen LogP contribution in [0.1, 0.15) is 78.3 Å². The van der Waals surface area contributed by atoms with E-state index in [-0.39, 0.29) is 24.9 Å². The molecular formula is C28H43N3O3. The van der Waals surface area contributed by atoms with Gasteiger partial charge in [0.15, 0.2) is 0 Å². The van der Waals surface area contributed by atoms with Crippen LogP contribution in [-0.4, -0.2) is 66.7 Å². The molecule has 0 radical (unpaired) electrons. The molecule has 6 nitrogen and oxygen atoms in total. The van der Waals surface area contributed by atoms with Crippen LogP contribution >= 0.6 is 0 Å². The minimum atomic E-state index is -0.162. The molecule has 2 heterocycles. The lowest BCUT2D eigenvalue weighted by atomic mass is 9.74. The molecule has 1 aromatic carbocycles. The smallest absolute Gasteiger partial charge is 0.409 e. The van der Waals surface area contributed by atoms with Gasteiger partial charge in [-0.2, -0.15) is 0 Å². The van der Waals surface area contributed by atoms with Crippen molar-refractivity contribution in [1.29, 1.82) is 0 Å². The second-order valence-corrected chi connectivity index (χ2v) is 10.1. The number of allylic oxidation sites excluding steroid dienone is 1. The first kappa shape index (κ1) is 24.8. The highest BCUT2D eigenvalue weighted by molar-refractivity contribution is 6.21. The van der Waals surface area contributed by atoms with Gasteiger partial charge >= 0.3 is 6.09 Å². The predicted octanol–water partition coefficient (Wildman–Crippen LogP) is 4.98. The third-order valence-corrected chi connectivity index (χ3v) is 8.10. The molecule has 1 aliphatic carbocycles. The van der Waals surface area contributed by atoms with E-state index in [1.165, 1.54) is 5.56 Å². The SMILES string of the molecule is CCCOC(=O)N1CCC(N2CCC3(C=C(C(=O)NC(CC)CC)c4ccccc43)CC2)CC1.[HH]. The molecule has 0 bridgehead atoms. The van der Waals surface area contributed by atoms with E-state index in [0.717, 1.165) is 82.3 Å². The number of carbonyl (C=O) groups is 2. The number of hydrogen-bond acceptors (Lipinski definition) is 4. The molecule has 1 aromatic rings. The summed E-state index contributed by atoms with van der Waals surface area (Å²) in [5.41, 5.74) is 3.24. The van der Waals surface area contributed by atoms with Crippen LogP contribution in [0.15, 0.2) is 30.3 Å². The summed E-state index contributed by atoms with van der Waals surface area (Å²) in [5, 5.41) is 3.25. The van der Waals surface area contributed by atoms with Crippen LogP contribution in [0.5, 0.6) is 0 Å². The Hall–Kier alpha value is -2.34. The molecule has 0 atom stereocenters. The summed E-state index contributed by atoms with van der Waals surface area (Å²) in [7, 11) is 0. The van der Waals surface area contributed by atoms with Crippen molar-refractivity contribution in [3.63, 3.8) is 0 Å². The van der Waals surface area contributed by atoms with E-state index in [2.05, 4.69) is 48.3 Å². The van der Waals surface area contributed by atoms with Crippen molar-refractivity contribution in [2.45, 2.75) is 83.2 Å². The van der Waals surface area contributed by atoms with Crippen molar-refractivity contribution in [3.8, 4) is 0 Å². The van der Waals surface area contributed by atoms with Gasteiger partial charge in [-0.05, 0) is 69.2 Å². The van der Waals surface area contributed by atoms with Crippen molar-refractivity contribution >= 4 is 17.6 Å². The highest BCUT2D eigenvalue weighted by atomic mass is 16.6. The zero-order valence-electron chi connectivity index (χ0n) is 21.1. The summed E-state index contributed by atoms with van der Waals surface area (Å²) >= 11 is 0. The third kappa shape index (κ3) is 5.02. The fraction of sp³-hybridized carbons (Fsp3) is 0.643. The van der Waals surface area contributed by atoms with Gasteiger partial charge in [0.1, 0.15) is 0 Å². The molecule has 2 aliphatic heterocycles. The van der Waals surface area contributed by atoms with Gasteiger partial charge in [-0.15, -0.1) is 0 Å². The summed E-state index contributed by atoms with van der Waals surface area (Å²) in [6.07, 6.45) is 8.95. The fourth-order valence-electron chi connectivity index (χ4n) is 5.92. The number of amides is 2. The van der Waals surface area contributed by atoms with Gasteiger partial charge in [0.05, 0.1) is 6.61 Å². The van der Waals surface area contributed by atoms with Crippen molar-refractivity contribution in [1.82, 2.24) is 15.1 Å². The normalized spacial score (nSPS) is 20.4. The summed E-state index contributed by atoms with van der Waals surface area (Å²) in [6, 6.07) is 9.23. The summed E-state index contributed by atoms with van der Waals surface area (Å²) in [5.74, 6) is 0.0720. The minimum Gasteiger partial charge on any atom is -0.449 e. The molecule has 6 heteroatoms. The summed E-state index contributed by atoms with van der Waals surface area (Å²) < 4.78 is 5.31. The number of rotatable bonds is 7. The Morgan fingerprint density at radius 1 is 1.09 bits per heavy atom. The zero-order chi connectivity index (χ0) is 24.1. The van der Waals surface area contributed by atoms with Crippen LogP contribution in [0.2, 0.25) is 0 Å². The molecular weight excluding hydrogens is 426 g/mol. The number of benzene rings is 1. The maximum absolute atomic E-state index is 13.2. The number of hydrogen-bond donors (Lipinski definition) is 1. The molecule has 2 saturated heterocycles. The van der Waals surface area contributed by atoms with E-state index >= 15 is 0 Å². The van der Waals surface area contributed by atoms with Crippen LogP contribution in [0, 0.1) is 0 Å². The summed E-state index contributed by atoms with van der Waals surface area (Å²) in [4.78, 5) is 29.8. The Balaban J connectivity index is 0.00000342. The number of piperidine rings is 2. The number of likely N-dealkylation sites (tertiary alicyclic amines) is 2. The monoisotopic (exact) mass is 469 g/mol. The van der Waals surface area contributed by atoms with Gasteiger partial charge in [-0.25, -0.2) is 4.79 Å². The van der Waals surface area contributed by atoms with Crippen molar-refractivity contribution < 1.29 is 15.8 Å². The van der Waals surface area contributed by atoms with Gasteiger partial charge in [0, 0.05) is 37.6 Å². The number of nitrogens with zero attached hydrogens (tertiary/aromatic N) is 2. The van der Waals surface area contributed by atoms with Crippen LogP contribution in [0.3, 0.4) is 0 Å². The third-order valence-electron chi connectivity index (χ3n) is 8.10. The molecule has 34 heavy (non-hydrogen) atoms. The lowest BCUT2D eigenvalue weighted by Crippen LogP contribution is -2.51. The first-order valence-corrected chi connectivity index (χ1v) is 13.3. The quantitative estimate of drug-likeness (QED) is 0.612. The van der Waals surface area contributed by atoms with E-state index in [1.54, 1.807) is 0 Å². The molecule has 2 amide bonds. The van der Waals surface area contributed by atoms with E-state index in [9.17, 15) is 9.59 Å². The lowest BCUT2D eigenvalue weighted by Gasteiger charge is -2.44. The topological polar surface area (TPSA) is 61.9 Å². The van der Waals surface area contributed by atoms with Crippen molar-refractivity contribution in [2.24, 2.45) is 0 Å². The van der Waals surface area contributed by atoms with Crippen LogP contribution in [0.4, 0.5) is 4.79 Å². The number of fused-ring (bicyclic) bond motifs is 2. The first-order chi connectivity index (χ1) is 16.5. The summed E-state index contributed by atoms with van der Waals surface area (Å²) in [6.45, 7) is 10.4. The minimum absolute atomic E-state index is 0. The van der Waals surface area contributed by atoms with E-state index in [1.807, 2.05) is 17.9 Å². The maximum Gasteiger partial charge on any atom is 0.409 e. The predicted molar refractivity (Wildman–Crippen MR) is 138 cm³/mol. The molecule has 0 unspecified atom stereocenters. The number of nitrogens with one attached hydrogen (secondary N) is 1. The first-order valence-electron chi connectivity index (χ1n) is 13.3. The lowest BCUT2D eigenvalue weighted by molar-refractivity contribution is -0.116. The highest BCUT2D eigenvalue weighted by Gasteiger charge is 2.43. The molecule has 4 rings (SSSR count).